The minimum absolute atomic E-state index is 0.292. The Kier molecular flexibility index (Phi) is 5.51. The van der Waals surface area contributed by atoms with Gasteiger partial charge in [-0.2, -0.15) is 0 Å². The Morgan fingerprint density at radius 3 is 2.44 bits per heavy atom. The first kappa shape index (κ1) is 14.4. The number of imide groups is 1. The van der Waals surface area contributed by atoms with Crippen LogP contribution >= 0.6 is 0 Å². The molecule has 2 N–H and O–H groups in total. The Labute approximate surface area is 106 Å². The summed E-state index contributed by atoms with van der Waals surface area (Å²) in [5.74, 6) is -2.22. The number of carbonyl (C=O) groups is 3. The van der Waals surface area contributed by atoms with Gasteiger partial charge in [-0.3, -0.25) is 14.5 Å². The Bertz CT molecular complexity index is 347. The molecule has 1 rings (SSSR count). The predicted molar refractivity (Wildman–Crippen MR) is 64.8 cm³/mol. The normalized spacial score (nSPS) is 16.4. The first-order valence-corrected chi connectivity index (χ1v) is 6.06. The molecule has 1 atom stereocenters. The fraction of sp³-hybridized carbons (Fsp3) is 0.583. The average Bonchev–Trinajstić information content (AvgIpc) is 2.64. The van der Waals surface area contributed by atoms with E-state index in [-0.39, 0.29) is 0 Å². The summed E-state index contributed by atoms with van der Waals surface area (Å²) >= 11 is 0. The van der Waals surface area contributed by atoms with Crippen LogP contribution in [-0.2, 0) is 14.4 Å². The molecule has 0 bridgehead atoms. The summed E-state index contributed by atoms with van der Waals surface area (Å²) in [7, 11) is 0. The van der Waals surface area contributed by atoms with Gasteiger partial charge < -0.3 is 10.4 Å². The van der Waals surface area contributed by atoms with Crippen LogP contribution < -0.4 is 5.32 Å². The summed E-state index contributed by atoms with van der Waals surface area (Å²) in [6, 6.07) is -1.05. The van der Waals surface area contributed by atoms with Gasteiger partial charge in [-0.15, -0.1) is 0 Å². The quantitative estimate of drug-likeness (QED) is 0.475. The standard InChI is InChI=1S/C12H18N2O4/c1-2-13-8-4-3-5-9(12(17)18)14-10(15)6-7-11(14)16/h6-7,9,13H,2-5,8H2,1H3,(H,17,18). The van der Waals surface area contributed by atoms with Gasteiger partial charge >= 0.3 is 5.97 Å². The van der Waals surface area contributed by atoms with Crippen molar-refractivity contribution in [3.63, 3.8) is 0 Å². The third kappa shape index (κ3) is 3.66. The van der Waals surface area contributed by atoms with Crippen molar-refractivity contribution < 1.29 is 19.5 Å². The van der Waals surface area contributed by atoms with Crippen LogP contribution in [0.3, 0.4) is 0 Å². The van der Waals surface area contributed by atoms with Gasteiger partial charge in [0.1, 0.15) is 6.04 Å². The van der Waals surface area contributed by atoms with Crippen LogP contribution in [0.4, 0.5) is 0 Å². The van der Waals surface area contributed by atoms with Gasteiger partial charge in [0.05, 0.1) is 0 Å². The predicted octanol–water partition coefficient (Wildman–Crippen LogP) is 0.144. The van der Waals surface area contributed by atoms with E-state index in [1.807, 2.05) is 6.92 Å². The number of hydrogen-bond donors (Lipinski definition) is 2. The lowest BCUT2D eigenvalue weighted by Crippen LogP contribution is -2.45. The second-order valence-corrected chi connectivity index (χ2v) is 4.08. The van der Waals surface area contributed by atoms with Gasteiger partial charge in [-0.25, -0.2) is 4.79 Å². The fourth-order valence-corrected chi connectivity index (χ4v) is 1.85. The molecule has 1 aliphatic rings. The van der Waals surface area contributed by atoms with Crippen LogP contribution in [-0.4, -0.2) is 46.9 Å². The molecule has 6 nitrogen and oxygen atoms in total. The molecule has 0 saturated heterocycles. The Hall–Kier alpha value is -1.69. The topological polar surface area (TPSA) is 86.7 Å². The molecule has 0 fully saturated rings. The van der Waals surface area contributed by atoms with E-state index in [0.29, 0.717) is 12.8 Å². The second kappa shape index (κ2) is 6.90. The summed E-state index contributed by atoms with van der Waals surface area (Å²) in [5, 5.41) is 12.2. The molecule has 0 saturated carbocycles. The highest BCUT2D eigenvalue weighted by Gasteiger charge is 2.35. The number of aliphatic carboxylic acids is 1. The van der Waals surface area contributed by atoms with E-state index in [9.17, 15) is 14.4 Å². The highest BCUT2D eigenvalue weighted by Crippen LogP contribution is 2.14. The Morgan fingerprint density at radius 2 is 1.94 bits per heavy atom. The van der Waals surface area contributed by atoms with Crippen LogP contribution in [0.1, 0.15) is 26.2 Å². The molecule has 1 aliphatic heterocycles. The molecule has 0 aromatic heterocycles. The average molecular weight is 254 g/mol. The fourth-order valence-electron chi connectivity index (χ4n) is 1.85. The Morgan fingerprint density at radius 1 is 1.33 bits per heavy atom. The summed E-state index contributed by atoms with van der Waals surface area (Å²) < 4.78 is 0. The largest absolute Gasteiger partial charge is 0.480 e. The number of carboxylic acids is 1. The highest BCUT2D eigenvalue weighted by molar-refractivity contribution is 6.14. The Balaban J connectivity index is 2.48. The molecule has 0 aliphatic carbocycles. The summed E-state index contributed by atoms with van der Waals surface area (Å²) in [5.41, 5.74) is 0. The zero-order chi connectivity index (χ0) is 13.5. The number of rotatable bonds is 8. The van der Waals surface area contributed by atoms with Crippen molar-refractivity contribution >= 4 is 17.8 Å². The lowest BCUT2D eigenvalue weighted by atomic mass is 10.1. The van der Waals surface area contributed by atoms with E-state index in [2.05, 4.69) is 5.32 Å². The van der Waals surface area contributed by atoms with Crippen molar-refractivity contribution in [2.75, 3.05) is 13.1 Å². The van der Waals surface area contributed by atoms with Crippen LogP contribution in [0.25, 0.3) is 0 Å². The third-order valence-electron chi connectivity index (χ3n) is 2.77. The number of hydrogen-bond acceptors (Lipinski definition) is 4. The molecule has 0 radical (unpaired) electrons. The molecular formula is C12H18N2O4. The van der Waals surface area contributed by atoms with Gasteiger partial charge in [0.2, 0.25) is 0 Å². The zero-order valence-electron chi connectivity index (χ0n) is 10.4. The van der Waals surface area contributed by atoms with Crippen LogP contribution in [0.5, 0.6) is 0 Å². The number of carboxylic acid groups (broad SMARTS) is 1. The lowest BCUT2D eigenvalue weighted by molar-refractivity contribution is -0.153. The van der Waals surface area contributed by atoms with E-state index in [0.717, 1.165) is 36.6 Å². The zero-order valence-corrected chi connectivity index (χ0v) is 10.4. The minimum atomic E-state index is -1.14. The smallest absolute Gasteiger partial charge is 0.326 e. The van der Waals surface area contributed by atoms with Gasteiger partial charge in [0.25, 0.3) is 11.8 Å². The minimum Gasteiger partial charge on any atom is -0.480 e. The molecule has 0 aromatic rings. The van der Waals surface area contributed by atoms with Crippen molar-refractivity contribution in [3.05, 3.63) is 12.2 Å². The van der Waals surface area contributed by atoms with Crippen molar-refractivity contribution in [1.82, 2.24) is 10.2 Å². The molecule has 6 heteroatoms. The van der Waals surface area contributed by atoms with Crippen molar-refractivity contribution in [2.45, 2.75) is 32.2 Å². The third-order valence-corrected chi connectivity index (χ3v) is 2.77. The summed E-state index contributed by atoms with van der Waals surface area (Å²) in [4.78, 5) is 34.7. The molecule has 18 heavy (non-hydrogen) atoms. The molecule has 0 spiro atoms. The van der Waals surface area contributed by atoms with Crippen molar-refractivity contribution in [3.8, 4) is 0 Å². The summed E-state index contributed by atoms with van der Waals surface area (Å²) in [6.07, 6.45) is 3.98. The SMILES string of the molecule is CCNCCCCC(C(=O)O)N1C(=O)C=CC1=O. The first-order valence-electron chi connectivity index (χ1n) is 6.06. The first-order chi connectivity index (χ1) is 8.57. The van der Waals surface area contributed by atoms with E-state index >= 15 is 0 Å². The maximum Gasteiger partial charge on any atom is 0.326 e. The molecule has 2 amide bonds. The van der Waals surface area contributed by atoms with Crippen molar-refractivity contribution in [1.29, 1.82) is 0 Å². The molecule has 1 heterocycles. The highest BCUT2D eigenvalue weighted by atomic mass is 16.4. The maximum absolute atomic E-state index is 11.4. The van der Waals surface area contributed by atoms with Crippen LogP contribution in [0.2, 0.25) is 0 Å². The molecule has 1 unspecified atom stereocenters. The number of nitrogens with zero attached hydrogens (tertiary/aromatic N) is 1. The maximum atomic E-state index is 11.4. The van der Waals surface area contributed by atoms with Gasteiger partial charge in [0, 0.05) is 12.2 Å². The van der Waals surface area contributed by atoms with E-state index in [4.69, 9.17) is 5.11 Å². The number of carbonyl (C=O) groups excluding carboxylic acids is 2. The van der Waals surface area contributed by atoms with Crippen LogP contribution in [0.15, 0.2) is 12.2 Å². The molecule has 0 aromatic carbocycles. The van der Waals surface area contributed by atoms with E-state index in [1.165, 1.54) is 0 Å². The van der Waals surface area contributed by atoms with Gasteiger partial charge in [-0.05, 0) is 32.4 Å². The number of amides is 2. The number of unbranched alkanes of at least 4 members (excludes halogenated alkanes) is 1. The van der Waals surface area contributed by atoms with Crippen molar-refractivity contribution in [2.24, 2.45) is 0 Å². The number of nitrogens with one attached hydrogen (secondary N) is 1. The van der Waals surface area contributed by atoms with E-state index < -0.39 is 23.8 Å². The van der Waals surface area contributed by atoms with Gasteiger partial charge in [0.15, 0.2) is 0 Å². The summed E-state index contributed by atoms with van der Waals surface area (Å²) in [6.45, 7) is 3.67. The van der Waals surface area contributed by atoms with E-state index in [1.54, 1.807) is 0 Å². The lowest BCUT2D eigenvalue weighted by Gasteiger charge is -2.22. The second-order valence-electron chi connectivity index (χ2n) is 4.08. The van der Waals surface area contributed by atoms with Crippen LogP contribution in [0, 0.1) is 0 Å². The molecular weight excluding hydrogens is 236 g/mol. The van der Waals surface area contributed by atoms with Gasteiger partial charge in [-0.1, -0.05) is 6.92 Å². The molecule has 100 valence electrons. The monoisotopic (exact) mass is 254 g/mol.